The van der Waals surface area contributed by atoms with E-state index >= 15 is 0 Å². The summed E-state index contributed by atoms with van der Waals surface area (Å²) in [4.78, 5) is 14.3. The Bertz CT molecular complexity index is 930. The number of carbonyl (C=O) groups excluding carboxylic acids is 1. The highest BCUT2D eigenvalue weighted by molar-refractivity contribution is 8.26. The van der Waals surface area contributed by atoms with Crippen molar-refractivity contribution in [1.29, 1.82) is 0 Å². The maximum Gasteiger partial charge on any atom is 0.265 e. The van der Waals surface area contributed by atoms with Crippen molar-refractivity contribution < 1.29 is 14.3 Å². The zero-order valence-electron chi connectivity index (χ0n) is 15.6. The molecule has 28 heavy (non-hydrogen) atoms. The summed E-state index contributed by atoms with van der Waals surface area (Å²) in [6.45, 7) is 2.99. The van der Waals surface area contributed by atoms with Crippen molar-refractivity contribution in [3.8, 4) is 11.5 Å². The van der Waals surface area contributed by atoms with Crippen LogP contribution >= 0.6 is 35.6 Å². The van der Waals surface area contributed by atoms with Gasteiger partial charge in [0.05, 0.1) is 18.1 Å². The summed E-state index contributed by atoms with van der Waals surface area (Å²) in [5.74, 6) is 1.44. The van der Waals surface area contributed by atoms with Gasteiger partial charge in [0, 0.05) is 24.1 Å². The number of para-hydroxylation sites is 1. The number of hydrogen-bond acceptors (Lipinski definition) is 5. The van der Waals surface area contributed by atoms with Crippen LogP contribution in [0.3, 0.4) is 0 Å². The highest BCUT2D eigenvalue weighted by Crippen LogP contribution is 2.33. The Morgan fingerprint density at radius 2 is 1.93 bits per heavy atom. The van der Waals surface area contributed by atoms with Gasteiger partial charge in [0.1, 0.15) is 15.8 Å². The molecule has 0 bridgehead atoms. The van der Waals surface area contributed by atoms with Crippen LogP contribution in [0.4, 0.5) is 0 Å². The number of ether oxygens (including phenoxy) is 2. The number of amides is 1. The number of nitrogens with zero attached hydrogens (tertiary/aromatic N) is 1. The van der Waals surface area contributed by atoms with Gasteiger partial charge in [0.2, 0.25) is 0 Å². The Morgan fingerprint density at radius 1 is 1.18 bits per heavy atom. The first kappa shape index (κ1) is 20.7. The minimum atomic E-state index is -0.0866. The molecule has 0 aliphatic carbocycles. The fourth-order valence-electron chi connectivity index (χ4n) is 2.56. The molecule has 1 amide bonds. The Balaban J connectivity index is 1.55. The highest BCUT2D eigenvalue weighted by Gasteiger charge is 2.28. The number of thiocarbonyl (C=S) groups is 1. The summed E-state index contributed by atoms with van der Waals surface area (Å²) in [6.07, 6.45) is 2.55. The molecule has 1 heterocycles. The normalized spacial score (nSPS) is 15.4. The van der Waals surface area contributed by atoms with Crippen LogP contribution in [0, 0.1) is 6.92 Å². The number of halogens is 1. The molecule has 0 N–H and O–H groups in total. The molecule has 1 aliphatic heterocycles. The zero-order chi connectivity index (χ0) is 20.1. The van der Waals surface area contributed by atoms with Crippen molar-refractivity contribution in [1.82, 2.24) is 4.90 Å². The number of rotatable bonds is 7. The van der Waals surface area contributed by atoms with Crippen LogP contribution in [0.25, 0.3) is 6.08 Å². The van der Waals surface area contributed by atoms with E-state index in [0.29, 0.717) is 22.4 Å². The van der Waals surface area contributed by atoms with Gasteiger partial charge in [0.15, 0.2) is 0 Å². The van der Waals surface area contributed by atoms with E-state index in [-0.39, 0.29) is 5.91 Å². The van der Waals surface area contributed by atoms with Crippen molar-refractivity contribution >= 4 is 51.9 Å². The summed E-state index contributed by atoms with van der Waals surface area (Å²) in [7, 11) is 1.68. The average molecular weight is 434 g/mol. The van der Waals surface area contributed by atoms with Crippen molar-refractivity contribution in [2.24, 2.45) is 0 Å². The van der Waals surface area contributed by atoms with Crippen molar-refractivity contribution in [2.75, 3.05) is 20.3 Å². The Labute approximate surface area is 179 Å². The first-order valence-corrected chi connectivity index (χ1v) is 10.4. The third-order valence-electron chi connectivity index (χ3n) is 4.14. The van der Waals surface area contributed by atoms with Crippen molar-refractivity contribution in [3.63, 3.8) is 0 Å². The molecule has 3 rings (SSSR count). The van der Waals surface area contributed by atoms with Crippen LogP contribution < -0.4 is 9.47 Å². The first-order chi connectivity index (χ1) is 13.5. The van der Waals surface area contributed by atoms with Gasteiger partial charge in [0.25, 0.3) is 5.91 Å². The van der Waals surface area contributed by atoms with Gasteiger partial charge in [-0.15, -0.1) is 0 Å². The molecule has 1 saturated heterocycles. The van der Waals surface area contributed by atoms with E-state index < -0.39 is 0 Å². The monoisotopic (exact) mass is 433 g/mol. The molecule has 2 aromatic carbocycles. The molecule has 0 aromatic heterocycles. The van der Waals surface area contributed by atoms with Crippen molar-refractivity contribution in [3.05, 3.63) is 63.5 Å². The molecule has 0 spiro atoms. The number of carbonyl (C=O) groups is 1. The summed E-state index contributed by atoms with van der Waals surface area (Å²) < 4.78 is 12.2. The molecule has 7 heteroatoms. The van der Waals surface area contributed by atoms with E-state index in [4.69, 9.17) is 33.3 Å². The van der Waals surface area contributed by atoms with E-state index in [1.165, 1.54) is 16.7 Å². The molecule has 0 unspecified atom stereocenters. The topological polar surface area (TPSA) is 38.8 Å². The highest BCUT2D eigenvalue weighted by atomic mass is 35.5. The minimum absolute atomic E-state index is 0.0866. The van der Waals surface area contributed by atoms with Gasteiger partial charge in [-0.25, -0.2) is 0 Å². The largest absolute Gasteiger partial charge is 0.493 e. The fraction of sp³-hybridized carbons (Fsp3) is 0.238. The standard InChI is InChI=1S/C21H20ClNO3S2/c1-14-12-16(8-9-17(14)22)25-10-5-11-26-18-7-4-3-6-15(18)13-19-20(24)23(2)21(27)28-19/h3-4,6-9,12-13H,5,10-11H2,1-2H3/b19-13+. The number of likely N-dealkylation sites (N-methyl/N-ethyl adjacent to an activating group) is 1. The zero-order valence-corrected chi connectivity index (χ0v) is 18.0. The second kappa shape index (κ2) is 9.45. The van der Waals surface area contributed by atoms with Gasteiger partial charge in [-0.1, -0.05) is 53.8 Å². The third-order valence-corrected chi connectivity index (χ3v) is 6.05. The van der Waals surface area contributed by atoms with E-state index in [9.17, 15) is 4.79 Å². The predicted octanol–water partition coefficient (Wildman–Crippen LogP) is 5.33. The molecular formula is C21H20ClNO3S2. The lowest BCUT2D eigenvalue weighted by Crippen LogP contribution is -2.22. The molecule has 2 aromatic rings. The lowest BCUT2D eigenvalue weighted by Gasteiger charge is -2.11. The SMILES string of the molecule is Cc1cc(OCCCOc2ccccc2/C=C2/SC(=S)N(C)C2=O)ccc1Cl. The van der Waals surface area contributed by atoms with E-state index in [1.54, 1.807) is 7.05 Å². The number of hydrogen-bond donors (Lipinski definition) is 0. The molecule has 146 valence electrons. The molecule has 1 aliphatic rings. The Morgan fingerprint density at radius 3 is 2.64 bits per heavy atom. The van der Waals surface area contributed by atoms with Gasteiger partial charge in [-0.3, -0.25) is 9.69 Å². The molecular weight excluding hydrogens is 414 g/mol. The maximum atomic E-state index is 12.2. The minimum Gasteiger partial charge on any atom is -0.493 e. The van der Waals surface area contributed by atoms with Crippen LogP contribution in [0.1, 0.15) is 17.5 Å². The van der Waals surface area contributed by atoms with Gasteiger partial charge < -0.3 is 9.47 Å². The summed E-state index contributed by atoms with van der Waals surface area (Å²) >= 11 is 12.5. The van der Waals surface area contributed by atoms with E-state index in [1.807, 2.05) is 55.5 Å². The molecule has 0 atom stereocenters. The number of benzene rings is 2. The summed E-state index contributed by atoms with van der Waals surface area (Å²) in [5, 5.41) is 0.729. The quantitative estimate of drug-likeness (QED) is 0.335. The first-order valence-electron chi connectivity index (χ1n) is 8.78. The molecule has 4 nitrogen and oxygen atoms in total. The van der Waals surface area contributed by atoms with Gasteiger partial charge in [-0.05, 0) is 42.8 Å². The lowest BCUT2D eigenvalue weighted by molar-refractivity contribution is -0.121. The summed E-state index contributed by atoms with van der Waals surface area (Å²) in [5.41, 5.74) is 1.84. The van der Waals surface area contributed by atoms with Crippen molar-refractivity contribution in [2.45, 2.75) is 13.3 Å². The summed E-state index contributed by atoms with van der Waals surface area (Å²) in [6, 6.07) is 13.2. The Hall–Kier alpha value is -2.02. The van der Waals surface area contributed by atoms with Gasteiger partial charge in [-0.2, -0.15) is 0 Å². The Kier molecular flexibility index (Phi) is 6.99. The van der Waals surface area contributed by atoms with Gasteiger partial charge >= 0.3 is 0 Å². The van der Waals surface area contributed by atoms with Crippen LogP contribution in [0.2, 0.25) is 5.02 Å². The van der Waals surface area contributed by atoms with Crippen LogP contribution in [0.5, 0.6) is 11.5 Å². The lowest BCUT2D eigenvalue weighted by atomic mass is 10.2. The van der Waals surface area contributed by atoms with E-state index in [2.05, 4.69) is 0 Å². The van der Waals surface area contributed by atoms with Crippen LogP contribution in [0.15, 0.2) is 47.4 Å². The fourth-order valence-corrected chi connectivity index (χ4v) is 3.84. The maximum absolute atomic E-state index is 12.2. The molecule has 0 saturated carbocycles. The smallest absolute Gasteiger partial charge is 0.265 e. The van der Waals surface area contributed by atoms with E-state index in [0.717, 1.165) is 34.1 Å². The second-order valence-corrected chi connectivity index (χ2v) is 8.32. The number of thioether (sulfide) groups is 1. The molecule has 1 fully saturated rings. The van der Waals surface area contributed by atoms with Crippen LogP contribution in [-0.2, 0) is 4.79 Å². The average Bonchev–Trinajstić information content (AvgIpc) is 2.92. The second-order valence-electron chi connectivity index (χ2n) is 6.24. The third kappa shape index (κ3) is 5.07. The van der Waals surface area contributed by atoms with Crippen LogP contribution in [-0.4, -0.2) is 35.4 Å². The molecule has 0 radical (unpaired) electrons. The predicted molar refractivity (Wildman–Crippen MR) is 119 cm³/mol. The number of aryl methyl sites for hydroxylation is 1.